The molecule has 0 bridgehead atoms. The van der Waals surface area contributed by atoms with Gasteiger partial charge in [-0.05, 0) is 18.4 Å². The summed E-state index contributed by atoms with van der Waals surface area (Å²) in [5, 5.41) is 2.83. The van der Waals surface area contributed by atoms with E-state index < -0.39 is 9.84 Å². The Morgan fingerprint density at radius 1 is 1.23 bits per heavy atom. The first-order valence-corrected chi connectivity index (χ1v) is 10.3. The van der Waals surface area contributed by atoms with E-state index in [2.05, 4.69) is 15.3 Å². The monoisotopic (exact) mass is 374 g/mol. The summed E-state index contributed by atoms with van der Waals surface area (Å²) in [6, 6.07) is 9.82. The molecular formula is C18H22N4O3S. The van der Waals surface area contributed by atoms with Gasteiger partial charge in [-0.15, -0.1) is 0 Å². The zero-order valence-electron chi connectivity index (χ0n) is 14.6. The number of carbonyl (C=O) groups is 1. The normalized spacial score (nSPS) is 18.4. The van der Waals surface area contributed by atoms with Gasteiger partial charge in [-0.1, -0.05) is 30.3 Å². The Bertz CT molecular complexity index is 854. The number of hydrogen-bond acceptors (Lipinski definition) is 6. The minimum Gasteiger partial charge on any atom is -0.354 e. The topological polar surface area (TPSA) is 92.3 Å². The molecule has 1 aromatic heterocycles. The number of anilines is 1. The molecule has 7 nitrogen and oxygen atoms in total. The Labute approximate surface area is 153 Å². The second-order valence-corrected chi connectivity index (χ2v) is 8.65. The van der Waals surface area contributed by atoms with Crippen LogP contribution in [-0.2, 0) is 16.3 Å². The number of carbonyl (C=O) groups excluding carboxylic acids is 1. The molecule has 138 valence electrons. The van der Waals surface area contributed by atoms with Crippen LogP contribution in [0.3, 0.4) is 0 Å². The van der Waals surface area contributed by atoms with Crippen molar-refractivity contribution in [1.82, 2.24) is 15.3 Å². The quantitative estimate of drug-likeness (QED) is 0.813. The third-order valence-electron chi connectivity index (χ3n) is 4.53. The van der Waals surface area contributed by atoms with Gasteiger partial charge < -0.3 is 10.2 Å². The van der Waals surface area contributed by atoms with Crippen LogP contribution in [0.15, 0.2) is 42.7 Å². The average molecular weight is 374 g/mol. The first kappa shape index (κ1) is 18.3. The predicted octanol–water partition coefficient (Wildman–Crippen LogP) is 1.07. The highest BCUT2D eigenvalue weighted by molar-refractivity contribution is 7.91. The van der Waals surface area contributed by atoms with Gasteiger partial charge in [0.05, 0.1) is 23.9 Å². The fourth-order valence-electron chi connectivity index (χ4n) is 2.94. The minimum atomic E-state index is -2.96. The van der Waals surface area contributed by atoms with Crippen molar-refractivity contribution in [3.63, 3.8) is 0 Å². The lowest BCUT2D eigenvalue weighted by Crippen LogP contribution is -2.33. The molecule has 1 unspecified atom stereocenters. The predicted molar refractivity (Wildman–Crippen MR) is 100.0 cm³/mol. The van der Waals surface area contributed by atoms with Crippen molar-refractivity contribution in [1.29, 1.82) is 0 Å². The standard InChI is InChI=1S/C18H22N4O3S/c1-22(15-8-10-26(24,25)13-15)17-12-20-16(11-21-17)18(23)19-9-7-14-5-3-2-4-6-14/h2-6,11-12,15H,7-10,13H2,1H3,(H,19,23). The molecule has 1 fully saturated rings. The number of amides is 1. The maximum absolute atomic E-state index is 12.2. The average Bonchev–Trinajstić information content (AvgIpc) is 3.02. The van der Waals surface area contributed by atoms with Gasteiger partial charge in [0.25, 0.3) is 5.91 Å². The molecule has 8 heteroatoms. The van der Waals surface area contributed by atoms with Crippen molar-refractivity contribution >= 4 is 21.6 Å². The SMILES string of the molecule is CN(c1cnc(C(=O)NCCc2ccccc2)cn1)C1CCS(=O)(=O)C1. The van der Waals surface area contributed by atoms with Crippen LogP contribution in [0.4, 0.5) is 5.82 Å². The van der Waals surface area contributed by atoms with E-state index in [0.29, 0.717) is 18.8 Å². The summed E-state index contributed by atoms with van der Waals surface area (Å²) in [7, 11) is -1.16. The summed E-state index contributed by atoms with van der Waals surface area (Å²) < 4.78 is 23.2. The van der Waals surface area contributed by atoms with Crippen LogP contribution < -0.4 is 10.2 Å². The van der Waals surface area contributed by atoms with Crippen molar-refractivity contribution in [2.45, 2.75) is 18.9 Å². The van der Waals surface area contributed by atoms with E-state index in [1.54, 1.807) is 7.05 Å². The molecule has 1 aromatic carbocycles. The van der Waals surface area contributed by atoms with E-state index in [4.69, 9.17) is 0 Å². The zero-order chi connectivity index (χ0) is 18.6. The van der Waals surface area contributed by atoms with Crippen molar-refractivity contribution in [3.8, 4) is 0 Å². The first-order valence-electron chi connectivity index (χ1n) is 8.52. The van der Waals surface area contributed by atoms with Crippen LogP contribution in [0, 0.1) is 0 Å². The fourth-order valence-corrected chi connectivity index (χ4v) is 4.72. The van der Waals surface area contributed by atoms with Crippen molar-refractivity contribution in [2.75, 3.05) is 30.0 Å². The largest absolute Gasteiger partial charge is 0.354 e. The third kappa shape index (κ3) is 4.57. The molecule has 0 aliphatic carbocycles. The van der Waals surface area contributed by atoms with Gasteiger partial charge in [0.1, 0.15) is 11.5 Å². The lowest BCUT2D eigenvalue weighted by molar-refractivity contribution is 0.0949. The van der Waals surface area contributed by atoms with Gasteiger partial charge in [0, 0.05) is 19.6 Å². The molecular weight excluding hydrogens is 352 g/mol. The highest BCUT2D eigenvalue weighted by atomic mass is 32.2. The van der Waals surface area contributed by atoms with Gasteiger partial charge >= 0.3 is 0 Å². The van der Waals surface area contributed by atoms with E-state index >= 15 is 0 Å². The van der Waals surface area contributed by atoms with E-state index in [0.717, 1.165) is 12.0 Å². The lowest BCUT2D eigenvalue weighted by Gasteiger charge is -2.23. The summed E-state index contributed by atoms with van der Waals surface area (Å²) in [6.45, 7) is 0.520. The van der Waals surface area contributed by atoms with Gasteiger partial charge in [0.2, 0.25) is 0 Å². The Morgan fingerprint density at radius 3 is 2.62 bits per heavy atom. The van der Waals surface area contributed by atoms with Crippen LogP contribution in [0.5, 0.6) is 0 Å². The van der Waals surface area contributed by atoms with Crippen LogP contribution >= 0.6 is 0 Å². The molecule has 2 heterocycles. The van der Waals surface area contributed by atoms with E-state index in [1.165, 1.54) is 12.4 Å². The smallest absolute Gasteiger partial charge is 0.271 e. The molecule has 1 aliphatic heterocycles. The molecule has 1 N–H and O–H groups in total. The number of sulfone groups is 1. The van der Waals surface area contributed by atoms with Gasteiger partial charge in [-0.3, -0.25) is 4.79 Å². The second kappa shape index (κ2) is 7.82. The summed E-state index contributed by atoms with van der Waals surface area (Å²) in [4.78, 5) is 22.4. The summed E-state index contributed by atoms with van der Waals surface area (Å²) >= 11 is 0. The van der Waals surface area contributed by atoms with Gasteiger partial charge in [-0.2, -0.15) is 0 Å². The molecule has 1 saturated heterocycles. The number of hydrogen-bond donors (Lipinski definition) is 1. The molecule has 1 amide bonds. The zero-order valence-corrected chi connectivity index (χ0v) is 15.4. The highest BCUT2D eigenvalue weighted by Crippen LogP contribution is 2.20. The van der Waals surface area contributed by atoms with E-state index in [1.807, 2.05) is 35.2 Å². The molecule has 2 aromatic rings. The Kier molecular flexibility index (Phi) is 5.51. The second-order valence-electron chi connectivity index (χ2n) is 6.42. The molecule has 1 atom stereocenters. The van der Waals surface area contributed by atoms with E-state index in [9.17, 15) is 13.2 Å². The minimum absolute atomic E-state index is 0.0974. The maximum Gasteiger partial charge on any atom is 0.271 e. The Balaban J connectivity index is 1.54. The Hall–Kier alpha value is -2.48. The highest BCUT2D eigenvalue weighted by Gasteiger charge is 2.31. The number of rotatable bonds is 6. The number of aromatic nitrogens is 2. The molecule has 1 aliphatic rings. The molecule has 26 heavy (non-hydrogen) atoms. The van der Waals surface area contributed by atoms with E-state index in [-0.39, 0.29) is 29.1 Å². The maximum atomic E-state index is 12.2. The molecule has 3 rings (SSSR count). The van der Waals surface area contributed by atoms with Crippen LogP contribution in [0.2, 0.25) is 0 Å². The lowest BCUT2D eigenvalue weighted by atomic mass is 10.1. The van der Waals surface area contributed by atoms with Crippen LogP contribution in [-0.4, -0.2) is 55.4 Å². The number of nitrogens with zero attached hydrogens (tertiary/aromatic N) is 3. The first-order chi connectivity index (χ1) is 12.4. The Morgan fingerprint density at radius 2 is 2.00 bits per heavy atom. The summed E-state index contributed by atoms with van der Waals surface area (Å²) in [5.41, 5.74) is 1.40. The number of nitrogens with one attached hydrogen (secondary N) is 1. The van der Waals surface area contributed by atoms with Crippen molar-refractivity contribution in [2.24, 2.45) is 0 Å². The third-order valence-corrected chi connectivity index (χ3v) is 6.28. The molecule has 0 spiro atoms. The number of benzene rings is 1. The fraction of sp³-hybridized carbons (Fsp3) is 0.389. The van der Waals surface area contributed by atoms with Crippen LogP contribution in [0.1, 0.15) is 22.5 Å². The van der Waals surface area contributed by atoms with Crippen molar-refractivity contribution < 1.29 is 13.2 Å². The van der Waals surface area contributed by atoms with Gasteiger partial charge in [0.15, 0.2) is 9.84 Å². The van der Waals surface area contributed by atoms with Gasteiger partial charge in [-0.25, -0.2) is 18.4 Å². The van der Waals surface area contributed by atoms with Crippen LogP contribution in [0.25, 0.3) is 0 Å². The molecule has 0 saturated carbocycles. The van der Waals surface area contributed by atoms with Crippen molar-refractivity contribution in [3.05, 3.63) is 54.0 Å². The summed E-state index contributed by atoms with van der Waals surface area (Å²) in [6.07, 6.45) is 4.27. The molecule has 0 radical (unpaired) electrons. The summed E-state index contributed by atoms with van der Waals surface area (Å²) in [5.74, 6) is 0.628.